The van der Waals surface area contributed by atoms with Crippen molar-refractivity contribution in [2.24, 2.45) is 0 Å². The number of halogens is 2. The molecule has 0 bridgehead atoms. The van der Waals surface area contributed by atoms with Crippen LogP contribution in [-0.2, 0) is 10.0 Å². The van der Waals surface area contributed by atoms with Crippen LogP contribution in [0.5, 0.6) is 17.2 Å². The summed E-state index contributed by atoms with van der Waals surface area (Å²) in [6.07, 6.45) is 0. The van der Waals surface area contributed by atoms with Gasteiger partial charge in [0.2, 0.25) is 0 Å². The number of nitriles is 1. The third-order valence-corrected chi connectivity index (χ3v) is 5.64. The molecule has 0 radical (unpaired) electrons. The maximum absolute atomic E-state index is 12.7. The second kappa shape index (κ2) is 9.97. The van der Waals surface area contributed by atoms with Gasteiger partial charge in [-0.05, 0) is 53.6 Å². The summed E-state index contributed by atoms with van der Waals surface area (Å²) in [7, 11) is -3.09. The molecule has 170 valence electrons. The predicted molar refractivity (Wildman–Crippen MR) is 115 cm³/mol. The van der Waals surface area contributed by atoms with Gasteiger partial charge >= 0.3 is 12.6 Å². The topological polar surface area (TPSA) is 118 Å². The highest BCUT2D eigenvalue weighted by Gasteiger charge is 2.23. The monoisotopic (exact) mass is 473 g/mol. The first-order valence-electron chi connectivity index (χ1n) is 9.33. The van der Waals surface area contributed by atoms with Gasteiger partial charge < -0.3 is 14.8 Å². The molecule has 2 amide bonds. The van der Waals surface area contributed by atoms with E-state index in [1.54, 1.807) is 36.4 Å². The van der Waals surface area contributed by atoms with E-state index in [9.17, 15) is 22.0 Å². The summed E-state index contributed by atoms with van der Waals surface area (Å²) in [5.41, 5.74) is 1.40. The predicted octanol–water partition coefficient (Wildman–Crippen LogP) is 4.24. The Balaban J connectivity index is 1.93. The van der Waals surface area contributed by atoms with Crippen molar-refractivity contribution >= 4 is 16.1 Å². The molecule has 0 aliphatic heterocycles. The Morgan fingerprint density at radius 2 is 1.73 bits per heavy atom. The number of sulfonamides is 1. The van der Waals surface area contributed by atoms with E-state index in [0.29, 0.717) is 11.1 Å². The van der Waals surface area contributed by atoms with Crippen molar-refractivity contribution in [2.45, 2.75) is 11.5 Å². The number of carbonyl (C=O) groups is 1. The highest BCUT2D eigenvalue weighted by Crippen LogP contribution is 2.32. The number of nitrogens with zero attached hydrogens (tertiary/aromatic N) is 1. The normalized spacial score (nSPS) is 10.9. The molecule has 11 heteroatoms. The lowest BCUT2D eigenvalue weighted by molar-refractivity contribution is -0.0498. The Morgan fingerprint density at radius 1 is 1.00 bits per heavy atom. The summed E-state index contributed by atoms with van der Waals surface area (Å²) in [5, 5.41) is 11.3. The standard InChI is InChI=1S/C22H17F2N3O5S/c1-26-22(28)27-33(29,30)20-11-14(13-25)5-10-19(20)31-18-4-2-3-16(12-18)15-6-8-17(9-7-15)32-21(23)24/h2-12,21H,1H3,(H2,26,27,28). The number of benzene rings is 3. The summed E-state index contributed by atoms with van der Waals surface area (Å²) in [5.74, 6) is 0.168. The van der Waals surface area contributed by atoms with Crippen molar-refractivity contribution in [3.63, 3.8) is 0 Å². The average molecular weight is 473 g/mol. The smallest absolute Gasteiger partial charge is 0.387 e. The minimum Gasteiger partial charge on any atom is -0.456 e. The molecule has 3 aromatic carbocycles. The molecule has 0 aliphatic carbocycles. The number of nitrogens with one attached hydrogen (secondary N) is 2. The van der Waals surface area contributed by atoms with Crippen LogP contribution in [0.3, 0.4) is 0 Å². The first-order valence-corrected chi connectivity index (χ1v) is 10.8. The number of hydrogen-bond acceptors (Lipinski definition) is 6. The van der Waals surface area contributed by atoms with Gasteiger partial charge in [0.1, 0.15) is 22.1 Å². The first-order chi connectivity index (χ1) is 15.7. The SMILES string of the molecule is CNC(=O)NS(=O)(=O)c1cc(C#N)ccc1Oc1cccc(-c2ccc(OC(F)F)cc2)c1. The average Bonchev–Trinajstić information content (AvgIpc) is 2.79. The van der Waals surface area contributed by atoms with Crippen LogP contribution in [0.4, 0.5) is 13.6 Å². The molecule has 33 heavy (non-hydrogen) atoms. The van der Waals surface area contributed by atoms with Gasteiger partial charge in [-0.2, -0.15) is 14.0 Å². The van der Waals surface area contributed by atoms with Gasteiger partial charge in [-0.1, -0.05) is 24.3 Å². The molecule has 8 nitrogen and oxygen atoms in total. The Labute approximate surface area is 188 Å². The molecule has 0 unspecified atom stereocenters. The molecule has 2 N–H and O–H groups in total. The molecule has 0 saturated carbocycles. The van der Waals surface area contributed by atoms with Crippen LogP contribution in [0, 0.1) is 11.3 Å². The maximum Gasteiger partial charge on any atom is 0.387 e. The van der Waals surface area contributed by atoms with Crippen molar-refractivity contribution in [3.8, 4) is 34.4 Å². The number of alkyl halides is 2. The summed E-state index contributed by atoms with van der Waals surface area (Å²) in [6, 6.07) is 17.2. The fraction of sp³-hybridized carbons (Fsp3) is 0.0909. The molecule has 3 aromatic rings. The highest BCUT2D eigenvalue weighted by molar-refractivity contribution is 7.90. The van der Waals surface area contributed by atoms with Crippen LogP contribution < -0.4 is 19.5 Å². The number of carbonyl (C=O) groups excluding carboxylic acids is 1. The minimum absolute atomic E-state index is 0.0113. The number of rotatable bonds is 7. The maximum atomic E-state index is 12.7. The van der Waals surface area contributed by atoms with Crippen molar-refractivity contribution in [1.29, 1.82) is 5.26 Å². The Hall–Kier alpha value is -4.17. The number of urea groups is 1. The van der Waals surface area contributed by atoms with Gasteiger partial charge in [0, 0.05) is 7.05 Å². The van der Waals surface area contributed by atoms with Crippen LogP contribution in [0.15, 0.2) is 71.6 Å². The molecule has 0 spiro atoms. The van der Waals surface area contributed by atoms with E-state index in [4.69, 9.17) is 10.00 Å². The quantitative estimate of drug-likeness (QED) is 0.530. The van der Waals surface area contributed by atoms with E-state index in [1.165, 1.54) is 31.3 Å². The fourth-order valence-corrected chi connectivity index (χ4v) is 3.91. The van der Waals surface area contributed by atoms with E-state index in [0.717, 1.165) is 6.07 Å². The zero-order valence-electron chi connectivity index (χ0n) is 17.1. The Kier molecular flexibility index (Phi) is 7.10. The Bertz CT molecular complexity index is 1310. The molecule has 0 aromatic heterocycles. The van der Waals surface area contributed by atoms with E-state index in [1.807, 2.05) is 10.8 Å². The molecule has 0 heterocycles. The molecule has 0 aliphatic rings. The van der Waals surface area contributed by atoms with E-state index < -0.39 is 27.6 Å². The van der Waals surface area contributed by atoms with Crippen molar-refractivity contribution in [2.75, 3.05) is 7.05 Å². The second-order valence-corrected chi connectivity index (χ2v) is 8.14. The molecular weight excluding hydrogens is 456 g/mol. The largest absolute Gasteiger partial charge is 0.456 e. The van der Waals surface area contributed by atoms with E-state index in [2.05, 4.69) is 10.1 Å². The van der Waals surface area contributed by atoms with E-state index in [-0.39, 0.29) is 22.8 Å². The molecule has 0 fully saturated rings. The molecule has 0 atom stereocenters. The summed E-state index contributed by atoms with van der Waals surface area (Å²) >= 11 is 0. The Morgan fingerprint density at radius 3 is 2.36 bits per heavy atom. The lowest BCUT2D eigenvalue weighted by atomic mass is 10.1. The van der Waals surface area contributed by atoms with Gasteiger partial charge in [-0.25, -0.2) is 17.9 Å². The van der Waals surface area contributed by atoms with E-state index >= 15 is 0 Å². The summed E-state index contributed by atoms with van der Waals surface area (Å²) in [4.78, 5) is 11.2. The number of amides is 2. The van der Waals surface area contributed by atoms with Gasteiger partial charge in [-0.15, -0.1) is 0 Å². The van der Waals surface area contributed by atoms with Crippen LogP contribution in [0.1, 0.15) is 5.56 Å². The van der Waals surface area contributed by atoms with Crippen LogP contribution >= 0.6 is 0 Å². The zero-order valence-corrected chi connectivity index (χ0v) is 17.9. The van der Waals surface area contributed by atoms with Crippen molar-refractivity contribution in [1.82, 2.24) is 10.0 Å². The lowest BCUT2D eigenvalue weighted by Gasteiger charge is -2.13. The van der Waals surface area contributed by atoms with Gasteiger partial charge in [0.05, 0.1) is 11.6 Å². The third kappa shape index (κ3) is 5.96. The minimum atomic E-state index is -4.35. The van der Waals surface area contributed by atoms with Crippen LogP contribution in [-0.4, -0.2) is 28.1 Å². The van der Waals surface area contributed by atoms with Crippen LogP contribution in [0.2, 0.25) is 0 Å². The highest BCUT2D eigenvalue weighted by atomic mass is 32.2. The lowest BCUT2D eigenvalue weighted by Crippen LogP contribution is -2.37. The number of hydrogen-bond donors (Lipinski definition) is 2. The first kappa shape index (κ1) is 23.5. The molecule has 3 rings (SSSR count). The van der Waals surface area contributed by atoms with Gasteiger partial charge in [0.25, 0.3) is 10.0 Å². The summed E-state index contributed by atoms with van der Waals surface area (Å²) < 4.78 is 61.9. The van der Waals surface area contributed by atoms with Crippen molar-refractivity contribution in [3.05, 3.63) is 72.3 Å². The zero-order chi connectivity index (χ0) is 24.0. The van der Waals surface area contributed by atoms with Gasteiger partial charge in [-0.3, -0.25) is 0 Å². The van der Waals surface area contributed by atoms with Gasteiger partial charge in [0.15, 0.2) is 0 Å². The van der Waals surface area contributed by atoms with Crippen LogP contribution in [0.25, 0.3) is 11.1 Å². The third-order valence-electron chi connectivity index (χ3n) is 4.29. The molecule has 0 saturated heterocycles. The van der Waals surface area contributed by atoms with Crippen molar-refractivity contribution < 1.29 is 31.5 Å². The number of ether oxygens (including phenoxy) is 2. The molecular formula is C22H17F2N3O5S. The second-order valence-electron chi connectivity index (χ2n) is 6.49. The fourth-order valence-electron chi connectivity index (χ4n) is 2.79. The summed E-state index contributed by atoms with van der Waals surface area (Å²) in [6.45, 7) is -2.93.